The molecule has 1 aliphatic rings. The first-order chi connectivity index (χ1) is 4.30. The third-order valence-corrected chi connectivity index (χ3v) is 1.49. The van der Waals surface area contributed by atoms with Gasteiger partial charge in [-0.15, -0.1) is 0 Å². The van der Waals surface area contributed by atoms with Crippen LogP contribution in [0.15, 0.2) is 36.0 Å². The van der Waals surface area contributed by atoms with Gasteiger partial charge in [0.2, 0.25) is 0 Å². The Morgan fingerprint density at radius 1 is 1.56 bits per heavy atom. The molecule has 1 aliphatic carbocycles. The van der Waals surface area contributed by atoms with Crippen LogP contribution in [0.3, 0.4) is 0 Å². The molecule has 0 bridgehead atoms. The molecule has 0 atom stereocenters. The van der Waals surface area contributed by atoms with E-state index in [9.17, 15) is 0 Å². The maximum atomic E-state index is 3.86. The summed E-state index contributed by atoms with van der Waals surface area (Å²) in [5.41, 5.74) is 2.48. The lowest BCUT2D eigenvalue weighted by Gasteiger charge is -2.04. The largest absolute Gasteiger partial charge is 0.0955 e. The van der Waals surface area contributed by atoms with Crippen LogP contribution < -0.4 is 0 Å². The summed E-state index contributed by atoms with van der Waals surface area (Å²) < 4.78 is 0. The number of rotatable bonds is 1. The van der Waals surface area contributed by atoms with Crippen molar-refractivity contribution in [3.63, 3.8) is 0 Å². The van der Waals surface area contributed by atoms with Gasteiger partial charge in [-0.05, 0) is 25.3 Å². The van der Waals surface area contributed by atoms with Crippen LogP contribution in [-0.2, 0) is 0 Å². The van der Waals surface area contributed by atoms with Crippen molar-refractivity contribution in [3.8, 4) is 0 Å². The monoisotopic (exact) mass is 120 g/mol. The fraction of sp³-hybridized carbons (Fsp3) is 0.333. The summed E-state index contributed by atoms with van der Waals surface area (Å²) in [6.07, 6.45) is 8.95. The first-order valence-corrected chi connectivity index (χ1v) is 3.33. The van der Waals surface area contributed by atoms with Crippen molar-refractivity contribution in [1.29, 1.82) is 0 Å². The van der Waals surface area contributed by atoms with Crippen molar-refractivity contribution >= 4 is 0 Å². The zero-order valence-electron chi connectivity index (χ0n) is 5.85. The molecule has 0 aromatic heterocycles. The highest BCUT2D eigenvalue weighted by molar-refractivity contribution is 5.37. The maximum absolute atomic E-state index is 3.86. The van der Waals surface area contributed by atoms with Crippen molar-refractivity contribution in [1.82, 2.24) is 0 Å². The van der Waals surface area contributed by atoms with E-state index >= 15 is 0 Å². The van der Waals surface area contributed by atoms with Crippen molar-refractivity contribution in [2.75, 3.05) is 0 Å². The van der Waals surface area contributed by atoms with E-state index in [2.05, 4.69) is 24.8 Å². The second-order valence-electron chi connectivity index (χ2n) is 2.42. The van der Waals surface area contributed by atoms with Crippen LogP contribution in [0.5, 0.6) is 0 Å². The molecular weight excluding hydrogens is 108 g/mol. The van der Waals surface area contributed by atoms with E-state index in [4.69, 9.17) is 0 Å². The lowest BCUT2D eigenvalue weighted by Crippen LogP contribution is -1.84. The zero-order chi connectivity index (χ0) is 6.69. The molecule has 0 aromatic carbocycles. The zero-order valence-corrected chi connectivity index (χ0v) is 5.85. The Kier molecular flexibility index (Phi) is 1.88. The van der Waals surface area contributed by atoms with Crippen LogP contribution in [0.2, 0.25) is 0 Å². The predicted octanol–water partition coefficient (Wildman–Crippen LogP) is 2.84. The molecule has 0 heteroatoms. The van der Waals surface area contributed by atoms with Gasteiger partial charge in [0.1, 0.15) is 0 Å². The Morgan fingerprint density at radius 2 is 2.33 bits per heavy atom. The summed E-state index contributed by atoms with van der Waals surface area (Å²) in [6, 6.07) is 0. The minimum Gasteiger partial charge on any atom is -0.0955 e. The molecular formula is C9H12. The molecule has 9 heavy (non-hydrogen) atoms. The summed E-state index contributed by atoms with van der Waals surface area (Å²) in [5, 5.41) is 0. The Morgan fingerprint density at radius 3 is 2.67 bits per heavy atom. The third-order valence-electron chi connectivity index (χ3n) is 1.49. The second kappa shape index (κ2) is 2.67. The van der Waals surface area contributed by atoms with Crippen LogP contribution in [0.1, 0.15) is 19.8 Å². The van der Waals surface area contributed by atoms with Crippen molar-refractivity contribution in [3.05, 3.63) is 36.0 Å². The molecule has 0 N–H and O–H groups in total. The fourth-order valence-electron chi connectivity index (χ4n) is 0.930. The average molecular weight is 120 g/mol. The Balaban J connectivity index is 2.69. The van der Waals surface area contributed by atoms with Gasteiger partial charge in [0, 0.05) is 0 Å². The van der Waals surface area contributed by atoms with Gasteiger partial charge in [0.15, 0.2) is 0 Å². The smallest absolute Gasteiger partial charge is 0.0276 e. The van der Waals surface area contributed by atoms with Gasteiger partial charge < -0.3 is 0 Å². The van der Waals surface area contributed by atoms with Gasteiger partial charge >= 0.3 is 0 Å². The minimum atomic E-state index is 1.17. The van der Waals surface area contributed by atoms with Crippen LogP contribution in [-0.4, -0.2) is 0 Å². The van der Waals surface area contributed by atoms with Gasteiger partial charge in [-0.3, -0.25) is 0 Å². The summed E-state index contributed by atoms with van der Waals surface area (Å²) in [7, 11) is 0. The fourth-order valence-corrected chi connectivity index (χ4v) is 0.930. The van der Waals surface area contributed by atoms with Gasteiger partial charge in [-0.1, -0.05) is 30.4 Å². The molecule has 0 heterocycles. The van der Waals surface area contributed by atoms with E-state index in [-0.39, 0.29) is 0 Å². The van der Waals surface area contributed by atoms with Gasteiger partial charge in [-0.2, -0.15) is 0 Å². The second-order valence-corrected chi connectivity index (χ2v) is 2.42. The lowest BCUT2D eigenvalue weighted by molar-refractivity contribution is 1.02. The number of hydrogen-bond donors (Lipinski definition) is 0. The molecule has 0 nitrogen and oxygen atoms in total. The lowest BCUT2D eigenvalue weighted by atomic mass is 10.0. The van der Waals surface area contributed by atoms with Crippen LogP contribution in [0, 0.1) is 0 Å². The highest BCUT2D eigenvalue weighted by Gasteiger charge is 1.95. The van der Waals surface area contributed by atoms with Gasteiger partial charge in [-0.25, -0.2) is 0 Å². The molecule has 0 spiro atoms. The average Bonchev–Trinajstić information content (AvgIpc) is 1.90. The van der Waals surface area contributed by atoms with E-state index in [0.29, 0.717) is 0 Å². The summed E-state index contributed by atoms with van der Waals surface area (Å²) in [4.78, 5) is 0. The van der Waals surface area contributed by atoms with E-state index in [1.165, 1.54) is 24.0 Å². The molecule has 0 saturated heterocycles. The molecule has 0 aromatic rings. The van der Waals surface area contributed by atoms with Crippen LogP contribution in [0.4, 0.5) is 0 Å². The Hall–Kier alpha value is -0.780. The standard InChI is InChI=1S/C9H12/c1-8(2)9-6-4-3-5-7-9/h4,6-7H,1,3,5H2,2H3. The van der Waals surface area contributed by atoms with Crippen LogP contribution in [0.25, 0.3) is 0 Å². The van der Waals surface area contributed by atoms with Crippen molar-refractivity contribution in [2.45, 2.75) is 19.8 Å². The summed E-state index contributed by atoms with van der Waals surface area (Å²) >= 11 is 0. The Labute approximate surface area is 56.6 Å². The molecule has 0 amide bonds. The van der Waals surface area contributed by atoms with E-state index < -0.39 is 0 Å². The van der Waals surface area contributed by atoms with Gasteiger partial charge in [0.05, 0.1) is 0 Å². The SMILES string of the molecule is C=C(C)C1=CCCC=C1. The highest BCUT2D eigenvalue weighted by Crippen LogP contribution is 2.15. The highest BCUT2D eigenvalue weighted by atomic mass is 14.0. The first kappa shape index (κ1) is 6.34. The van der Waals surface area contributed by atoms with Crippen LogP contribution >= 0.6 is 0 Å². The number of allylic oxidation sites excluding steroid dienone is 5. The van der Waals surface area contributed by atoms with Gasteiger partial charge in [0.25, 0.3) is 0 Å². The molecule has 1 rings (SSSR count). The van der Waals surface area contributed by atoms with Crippen molar-refractivity contribution in [2.24, 2.45) is 0 Å². The normalized spacial score (nSPS) is 17.2. The first-order valence-electron chi connectivity index (χ1n) is 3.33. The molecule has 0 fully saturated rings. The summed E-state index contributed by atoms with van der Waals surface area (Å²) in [6.45, 7) is 5.90. The molecule has 48 valence electrons. The topological polar surface area (TPSA) is 0 Å². The molecule has 0 unspecified atom stereocenters. The minimum absolute atomic E-state index is 1.17. The van der Waals surface area contributed by atoms with Crippen molar-refractivity contribution < 1.29 is 0 Å². The quantitative estimate of drug-likeness (QED) is 0.499. The van der Waals surface area contributed by atoms with E-state index in [0.717, 1.165) is 0 Å². The molecule has 0 radical (unpaired) electrons. The number of hydrogen-bond acceptors (Lipinski definition) is 0. The molecule has 0 saturated carbocycles. The maximum Gasteiger partial charge on any atom is -0.0276 e. The summed E-state index contributed by atoms with van der Waals surface area (Å²) in [5.74, 6) is 0. The van der Waals surface area contributed by atoms with E-state index in [1.807, 2.05) is 6.92 Å². The predicted molar refractivity (Wildman–Crippen MR) is 41.3 cm³/mol. The third kappa shape index (κ3) is 1.56. The Bertz CT molecular complexity index is 170. The molecule has 0 aliphatic heterocycles. The van der Waals surface area contributed by atoms with E-state index in [1.54, 1.807) is 0 Å².